The Hall–Kier alpha value is -3.75. The first-order valence-corrected chi connectivity index (χ1v) is 10.7. The van der Waals surface area contributed by atoms with Crippen LogP contribution in [0.25, 0.3) is 0 Å². The maximum absolute atomic E-state index is 13.0. The molecule has 9 heteroatoms. The molecule has 1 fully saturated rings. The van der Waals surface area contributed by atoms with Crippen molar-refractivity contribution in [2.45, 2.75) is 32.0 Å². The van der Waals surface area contributed by atoms with E-state index in [0.717, 1.165) is 21.6 Å². The average Bonchev–Trinajstić information content (AvgIpc) is 3.10. The van der Waals surface area contributed by atoms with Crippen molar-refractivity contribution >= 4 is 17.8 Å². The summed E-state index contributed by atoms with van der Waals surface area (Å²) in [4.78, 5) is 41.0. The van der Waals surface area contributed by atoms with Crippen LogP contribution in [0.3, 0.4) is 0 Å². The van der Waals surface area contributed by atoms with E-state index < -0.39 is 18.0 Å². The van der Waals surface area contributed by atoms with Gasteiger partial charge in [-0.15, -0.1) is 0 Å². The second kappa shape index (κ2) is 9.40. The first-order valence-electron chi connectivity index (χ1n) is 10.7. The summed E-state index contributed by atoms with van der Waals surface area (Å²) in [5.74, 6) is 1.39. The van der Waals surface area contributed by atoms with E-state index in [4.69, 9.17) is 14.2 Å². The number of urea groups is 1. The molecule has 1 saturated heterocycles. The summed E-state index contributed by atoms with van der Waals surface area (Å²) in [7, 11) is 4.73. The molecule has 2 heterocycles. The zero-order chi connectivity index (χ0) is 23.5. The second-order valence-corrected chi connectivity index (χ2v) is 8.02. The number of rotatable bonds is 7. The molecule has 2 aromatic rings. The van der Waals surface area contributed by atoms with E-state index in [1.807, 2.05) is 12.1 Å². The number of carbonyl (C=O) groups is 3. The molecule has 0 spiro atoms. The highest BCUT2D eigenvalue weighted by Gasteiger charge is 2.40. The Balaban J connectivity index is 1.39. The monoisotopic (exact) mass is 453 g/mol. The van der Waals surface area contributed by atoms with Crippen LogP contribution >= 0.6 is 0 Å². The number of nitrogens with one attached hydrogen (secondary N) is 1. The molecule has 33 heavy (non-hydrogen) atoms. The van der Waals surface area contributed by atoms with Crippen molar-refractivity contribution in [1.82, 2.24) is 15.1 Å². The van der Waals surface area contributed by atoms with Crippen molar-refractivity contribution in [1.29, 1.82) is 0 Å². The van der Waals surface area contributed by atoms with E-state index in [0.29, 0.717) is 36.8 Å². The van der Waals surface area contributed by atoms with Gasteiger partial charge in [0.15, 0.2) is 11.5 Å². The maximum Gasteiger partial charge on any atom is 0.325 e. The van der Waals surface area contributed by atoms with E-state index in [1.54, 1.807) is 50.5 Å². The first kappa shape index (κ1) is 22.4. The van der Waals surface area contributed by atoms with Crippen molar-refractivity contribution < 1.29 is 28.6 Å². The minimum Gasteiger partial charge on any atom is -0.497 e. The smallest absolute Gasteiger partial charge is 0.325 e. The van der Waals surface area contributed by atoms with E-state index in [2.05, 4.69) is 5.32 Å². The van der Waals surface area contributed by atoms with E-state index >= 15 is 0 Å². The summed E-state index contributed by atoms with van der Waals surface area (Å²) in [6.45, 7) is 1.09. The highest BCUT2D eigenvalue weighted by Crippen LogP contribution is 2.33. The van der Waals surface area contributed by atoms with Crippen molar-refractivity contribution in [3.63, 3.8) is 0 Å². The highest BCUT2D eigenvalue weighted by molar-refractivity contribution is 6.05. The topological polar surface area (TPSA) is 97.4 Å². The maximum atomic E-state index is 13.0. The molecule has 9 nitrogen and oxygen atoms in total. The van der Waals surface area contributed by atoms with Crippen LogP contribution in [0.5, 0.6) is 17.2 Å². The van der Waals surface area contributed by atoms with Crippen LogP contribution in [-0.2, 0) is 29.1 Å². The molecule has 0 aliphatic carbocycles. The van der Waals surface area contributed by atoms with Crippen LogP contribution in [0.1, 0.15) is 23.1 Å². The number of nitrogens with zero attached hydrogens (tertiary/aromatic N) is 2. The highest BCUT2D eigenvalue weighted by atomic mass is 16.5. The van der Waals surface area contributed by atoms with Crippen molar-refractivity contribution in [3.8, 4) is 17.2 Å². The fourth-order valence-electron chi connectivity index (χ4n) is 4.18. The summed E-state index contributed by atoms with van der Waals surface area (Å²) in [5, 5.41) is 2.65. The largest absolute Gasteiger partial charge is 0.497 e. The average molecular weight is 453 g/mol. The van der Waals surface area contributed by atoms with Crippen molar-refractivity contribution in [3.05, 3.63) is 53.1 Å². The molecule has 2 aliphatic heterocycles. The minimum atomic E-state index is -0.866. The minimum absolute atomic E-state index is 0.0771. The number of methoxy groups -OCH3 is 3. The van der Waals surface area contributed by atoms with Gasteiger partial charge in [-0.1, -0.05) is 12.1 Å². The fraction of sp³-hybridized carbons (Fsp3) is 0.375. The van der Waals surface area contributed by atoms with Gasteiger partial charge in [0.1, 0.15) is 11.8 Å². The molecule has 4 rings (SSSR count). The number of hydrogen-bond donors (Lipinski definition) is 1. The number of hydrogen-bond acceptors (Lipinski definition) is 6. The van der Waals surface area contributed by atoms with Gasteiger partial charge in [0, 0.05) is 13.1 Å². The summed E-state index contributed by atoms with van der Waals surface area (Å²) in [5.41, 5.74) is 2.88. The Morgan fingerprint density at radius 1 is 1.00 bits per heavy atom. The molecule has 2 aromatic carbocycles. The molecule has 174 valence electrons. The molecule has 1 N–H and O–H groups in total. The molecule has 0 unspecified atom stereocenters. The van der Waals surface area contributed by atoms with Gasteiger partial charge in [-0.3, -0.25) is 14.5 Å². The van der Waals surface area contributed by atoms with Crippen molar-refractivity contribution in [2.24, 2.45) is 0 Å². The zero-order valence-corrected chi connectivity index (χ0v) is 18.9. The molecule has 0 aromatic heterocycles. The molecule has 1 atom stereocenters. The van der Waals surface area contributed by atoms with Gasteiger partial charge in [-0.25, -0.2) is 4.79 Å². The van der Waals surface area contributed by atoms with Crippen LogP contribution in [-0.4, -0.2) is 61.6 Å². The third-order valence-corrected chi connectivity index (χ3v) is 6.06. The van der Waals surface area contributed by atoms with E-state index in [9.17, 15) is 14.4 Å². The number of ether oxygens (including phenoxy) is 3. The molecule has 4 amide bonds. The van der Waals surface area contributed by atoms with Gasteiger partial charge in [-0.2, -0.15) is 0 Å². The second-order valence-electron chi connectivity index (χ2n) is 8.02. The summed E-state index contributed by atoms with van der Waals surface area (Å²) in [6, 6.07) is 9.60. The molecule has 2 aliphatic rings. The van der Waals surface area contributed by atoms with Crippen LogP contribution in [0.4, 0.5) is 4.79 Å². The zero-order valence-electron chi connectivity index (χ0n) is 18.9. The Morgan fingerprint density at radius 2 is 1.67 bits per heavy atom. The third kappa shape index (κ3) is 4.57. The SMILES string of the molecule is COc1ccc(CN2C(=O)N[C@H](CC(=O)N3CCc4cc(OC)c(OC)cc4C3)C2=O)cc1. The Kier molecular flexibility index (Phi) is 6.39. The van der Waals surface area contributed by atoms with Gasteiger partial charge >= 0.3 is 6.03 Å². The van der Waals surface area contributed by atoms with Gasteiger partial charge in [0.05, 0.1) is 34.3 Å². The van der Waals surface area contributed by atoms with E-state index in [-0.39, 0.29) is 18.9 Å². The molecule has 0 saturated carbocycles. The molecular formula is C24H27N3O6. The number of amides is 4. The third-order valence-electron chi connectivity index (χ3n) is 6.06. The lowest BCUT2D eigenvalue weighted by atomic mass is 9.98. The number of carbonyl (C=O) groups excluding carboxylic acids is 3. The van der Waals surface area contributed by atoms with Gasteiger partial charge in [0.2, 0.25) is 5.91 Å². The van der Waals surface area contributed by atoms with E-state index in [1.165, 1.54) is 0 Å². The normalized spacial score (nSPS) is 17.5. The Morgan fingerprint density at radius 3 is 2.30 bits per heavy atom. The van der Waals surface area contributed by atoms with Gasteiger partial charge in [-0.05, 0) is 47.4 Å². The summed E-state index contributed by atoms with van der Waals surface area (Å²) >= 11 is 0. The van der Waals surface area contributed by atoms with Crippen LogP contribution in [0.2, 0.25) is 0 Å². The fourth-order valence-corrected chi connectivity index (χ4v) is 4.18. The number of fused-ring (bicyclic) bond motifs is 1. The molecule has 0 bridgehead atoms. The predicted molar refractivity (Wildman–Crippen MR) is 119 cm³/mol. The Labute approximate surface area is 192 Å². The van der Waals surface area contributed by atoms with Crippen LogP contribution < -0.4 is 19.5 Å². The van der Waals surface area contributed by atoms with Crippen molar-refractivity contribution in [2.75, 3.05) is 27.9 Å². The standard InChI is InChI=1S/C24H27N3O6/c1-31-18-6-4-15(5-7-18)13-27-23(29)19(25-24(27)30)12-22(28)26-9-8-16-10-20(32-2)21(33-3)11-17(16)14-26/h4-7,10-11,19H,8-9,12-14H2,1-3H3,(H,25,30)/t19-/m1/s1. The molecular weight excluding hydrogens is 426 g/mol. The lowest BCUT2D eigenvalue weighted by molar-refractivity contribution is -0.136. The lowest BCUT2D eigenvalue weighted by Gasteiger charge is -2.30. The Bertz CT molecular complexity index is 1070. The summed E-state index contributed by atoms with van der Waals surface area (Å²) in [6.07, 6.45) is 0.600. The number of imide groups is 1. The number of benzene rings is 2. The molecule has 0 radical (unpaired) electrons. The quantitative estimate of drug-likeness (QED) is 0.645. The first-order chi connectivity index (χ1) is 15.9. The van der Waals surface area contributed by atoms with Crippen LogP contribution in [0, 0.1) is 0 Å². The van der Waals surface area contributed by atoms with Crippen LogP contribution in [0.15, 0.2) is 36.4 Å². The lowest BCUT2D eigenvalue weighted by Crippen LogP contribution is -2.41. The summed E-state index contributed by atoms with van der Waals surface area (Å²) < 4.78 is 15.9. The van der Waals surface area contributed by atoms with Gasteiger partial charge < -0.3 is 24.4 Å². The predicted octanol–water partition coefficient (Wildman–Crippen LogP) is 2.11. The van der Waals surface area contributed by atoms with Gasteiger partial charge in [0.25, 0.3) is 5.91 Å².